The summed E-state index contributed by atoms with van der Waals surface area (Å²) in [6.07, 6.45) is 2.28. The van der Waals surface area contributed by atoms with Crippen LogP contribution in [0.4, 0.5) is 0 Å². The van der Waals surface area contributed by atoms with Crippen LogP contribution in [0.1, 0.15) is 32.7 Å². The first kappa shape index (κ1) is 23.0. The molecule has 0 heterocycles. The van der Waals surface area contributed by atoms with Gasteiger partial charge in [0.25, 0.3) is 0 Å². The summed E-state index contributed by atoms with van der Waals surface area (Å²) in [5, 5.41) is 1.78. The van der Waals surface area contributed by atoms with Gasteiger partial charge in [0, 0.05) is 12.0 Å². The molecule has 0 N–H and O–H groups in total. The van der Waals surface area contributed by atoms with Gasteiger partial charge in [0.05, 0.1) is 12.7 Å². The molecule has 0 bridgehead atoms. The first-order chi connectivity index (χ1) is 16.6. The predicted molar refractivity (Wildman–Crippen MR) is 136 cm³/mol. The average molecular weight is 451 g/mol. The molecule has 0 aliphatic rings. The molecule has 4 aromatic rings. The van der Waals surface area contributed by atoms with Gasteiger partial charge < -0.3 is 9.47 Å². The summed E-state index contributed by atoms with van der Waals surface area (Å²) in [4.78, 5) is 25.7. The zero-order valence-corrected chi connectivity index (χ0v) is 19.1. The SMILES string of the molecule is C=CCOC(=O)c1c(CCC(=O)c2ccc(-c3ccc(OC)cc3)cc2)ccc2ccccc12. The molecule has 0 radical (unpaired) electrons. The summed E-state index contributed by atoms with van der Waals surface area (Å²) >= 11 is 0. The van der Waals surface area contributed by atoms with Crippen LogP contribution in [0.25, 0.3) is 21.9 Å². The number of hydrogen-bond acceptors (Lipinski definition) is 4. The topological polar surface area (TPSA) is 52.6 Å². The van der Waals surface area contributed by atoms with Gasteiger partial charge in [-0.1, -0.05) is 85.5 Å². The van der Waals surface area contributed by atoms with Crippen molar-refractivity contribution in [2.45, 2.75) is 12.8 Å². The Balaban J connectivity index is 1.51. The van der Waals surface area contributed by atoms with E-state index in [1.807, 2.05) is 84.9 Å². The summed E-state index contributed by atoms with van der Waals surface area (Å²) in [6, 6.07) is 27.0. The highest BCUT2D eigenvalue weighted by atomic mass is 16.5. The summed E-state index contributed by atoms with van der Waals surface area (Å²) < 4.78 is 10.5. The van der Waals surface area contributed by atoms with Crippen molar-refractivity contribution < 1.29 is 19.1 Å². The first-order valence-electron chi connectivity index (χ1n) is 11.2. The molecule has 0 fully saturated rings. The second kappa shape index (κ2) is 10.6. The lowest BCUT2D eigenvalue weighted by Crippen LogP contribution is -2.11. The lowest BCUT2D eigenvalue weighted by Gasteiger charge is -2.12. The van der Waals surface area contributed by atoms with Crippen LogP contribution in [0.15, 0.2) is 97.6 Å². The van der Waals surface area contributed by atoms with Gasteiger partial charge in [0.15, 0.2) is 5.78 Å². The van der Waals surface area contributed by atoms with Gasteiger partial charge in [-0.05, 0) is 46.0 Å². The highest BCUT2D eigenvalue weighted by Gasteiger charge is 2.18. The van der Waals surface area contributed by atoms with Crippen LogP contribution in [0.2, 0.25) is 0 Å². The van der Waals surface area contributed by atoms with Crippen LogP contribution in [0, 0.1) is 0 Å². The lowest BCUT2D eigenvalue weighted by atomic mass is 9.94. The summed E-state index contributed by atoms with van der Waals surface area (Å²) in [5.41, 5.74) is 4.05. The number of carbonyl (C=O) groups excluding carboxylic acids is 2. The molecule has 4 aromatic carbocycles. The minimum atomic E-state index is -0.400. The third-order valence-electron chi connectivity index (χ3n) is 5.80. The zero-order valence-electron chi connectivity index (χ0n) is 19.1. The molecule has 0 aromatic heterocycles. The second-order valence-corrected chi connectivity index (χ2v) is 7.94. The highest BCUT2D eigenvalue weighted by Crippen LogP contribution is 2.26. The van der Waals surface area contributed by atoms with E-state index in [1.165, 1.54) is 0 Å². The Morgan fingerprint density at radius 1 is 0.853 bits per heavy atom. The van der Waals surface area contributed by atoms with Crippen LogP contribution >= 0.6 is 0 Å². The Hall–Kier alpha value is -4.18. The molecule has 0 aliphatic heterocycles. The smallest absolute Gasteiger partial charge is 0.339 e. The van der Waals surface area contributed by atoms with E-state index in [0.29, 0.717) is 24.0 Å². The summed E-state index contributed by atoms with van der Waals surface area (Å²) in [5.74, 6) is 0.430. The van der Waals surface area contributed by atoms with Crippen LogP contribution in [-0.4, -0.2) is 25.5 Å². The monoisotopic (exact) mass is 450 g/mol. The largest absolute Gasteiger partial charge is 0.497 e. The molecule has 0 aliphatic carbocycles. The fourth-order valence-corrected chi connectivity index (χ4v) is 4.00. The molecule has 0 spiro atoms. The molecule has 34 heavy (non-hydrogen) atoms. The Morgan fingerprint density at radius 2 is 1.53 bits per heavy atom. The fraction of sp³-hybridized carbons (Fsp3) is 0.133. The van der Waals surface area contributed by atoms with Crippen molar-refractivity contribution in [1.29, 1.82) is 0 Å². The third kappa shape index (κ3) is 5.07. The van der Waals surface area contributed by atoms with Crippen LogP contribution < -0.4 is 4.74 Å². The first-order valence-corrected chi connectivity index (χ1v) is 11.2. The molecule has 0 saturated carbocycles. The number of hydrogen-bond donors (Lipinski definition) is 0. The minimum Gasteiger partial charge on any atom is -0.497 e. The Morgan fingerprint density at radius 3 is 2.21 bits per heavy atom. The van der Waals surface area contributed by atoms with E-state index in [9.17, 15) is 9.59 Å². The summed E-state index contributed by atoms with van der Waals surface area (Å²) in [6.45, 7) is 3.75. The number of ether oxygens (including phenoxy) is 2. The van der Waals surface area contributed by atoms with Crippen LogP contribution in [0.5, 0.6) is 5.75 Å². The van der Waals surface area contributed by atoms with Gasteiger partial charge in [-0.25, -0.2) is 4.79 Å². The number of benzene rings is 4. The number of rotatable bonds is 9. The van der Waals surface area contributed by atoms with Gasteiger partial charge in [-0.2, -0.15) is 0 Å². The molecule has 0 unspecified atom stereocenters. The van der Waals surface area contributed by atoms with Gasteiger partial charge in [-0.15, -0.1) is 0 Å². The Labute approximate surface area is 199 Å². The van der Waals surface area contributed by atoms with E-state index in [4.69, 9.17) is 9.47 Å². The quantitative estimate of drug-likeness (QED) is 0.162. The predicted octanol–water partition coefficient (Wildman–Crippen LogP) is 6.67. The maximum atomic E-state index is 12.9. The molecular formula is C30H26O4. The third-order valence-corrected chi connectivity index (χ3v) is 5.80. The van der Waals surface area contributed by atoms with E-state index in [2.05, 4.69) is 6.58 Å². The minimum absolute atomic E-state index is 0.0276. The molecule has 0 saturated heterocycles. The van der Waals surface area contributed by atoms with E-state index in [1.54, 1.807) is 13.2 Å². The molecule has 4 nitrogen and oxygen atoms in total. The van der Waals surface area contributed by atoms with E-state index in [-0.39, 0.29) is 12.4 Å². The number of ketones is 1. The molecule has 4 heteroatoms. The van der Waals surface area contributed by atoms with Gasteiger partial charge in [0.1, 0.15) is 12.4 Å². The number of carbonyl (C=O) groups is 2. The molecule has 170 valence electrons. The van der Waals surface area contributed by atoms with Gasteiger partial charge >= 0.3 is 5.97 Å². The Bertz CT molecular complexity index is 1320. The van der Waals surface area contributed by atoms with Crippen molar-refractivity contribution in [2.75, 3.05) is 13.7 Å². The normalized spacial score (nSPS) is 10.6. The van der Waals surface area contributed by atoms with Crippen molar-refractivity contribution in [3.63, 3.8) is 0 Å². The number of methoxy groups -OCH3 is 1. The average Bonchev–Trinajstić information content (AvgIpc) is 2.90. The molecule has 0 amide bonds. The van der Waals surface area contributed by atoms with Crippen molar-refractivity contribution >= 4 is 22.5 Å². The van der Waals surface area contributed by atoms with E-state index in [0.717, 1.165) is 33.2 Å². The van der Waals surface area contributed by atoms with Crippen LogP contribution in [-0.2, 0) is 11.2 Å². The molecule has 0 atom stereocenters. The number of fused-ring (bicyclic) bond motifs is 1. The maximum Gasteiger partial charge on any atom is 0.339 e. The highest BCUT2D eigenvalue weighted by molar-refractivity contribution is 6.06. The van der Waals surface area contributed by atoms with Crippen molar-refractivity contribution in [2.24, 2.45) is 0 Å². The summed E-state index contributed by atoms with van der Waals surface area (Å²) in [7, 11) is 1.64. The maximum absolute atomic E-state index is 12.9. The zero-order chi connectivity index (χ0) is 23.9. The lowest BCUT2D eigenvalue weighted by molar-refractivity contribution is 0.0550. The standard InChI is InChI=1S/C30H26O4/c1-3-20-34-30(32)29-25(13-10-23-6-4-5-7-27(23)29)16-19-28(31)24-11-8-21(9-12-24)22-14-17-26(33-2)18-15-22/h3-15,17-18H,1,16,19-20H2,2H3. The number of Topliss-reactive ketones (excluding diaryl/α,β-unsaturated/α-hetero) is 1. The molecular weight excluding hydrogens is 424 g/mol. The van der Waals surface area contributed by atoms with Gasteiger partial charge in [-0.3, -0.25) is 4.79 Å². The molecule has 4 rings (SSSR count). The van der Waals surface area contributed by atoms with Crippen LogP contribution in [0.3, 0.4) is 0 Å². The van der Waals surface area contributed by atoms with E-state index >= 15 is 0 Å². The number of aryl methyl sites for hydroxylation is 1. The Kier molecular flexibility index (Phi) is 7.19. The van der Waals surface area contributed by atoms with E-state index < -0.39 is 5.97 Å². The van der Waals surface area contributed by atoms with Crippen molar-refractivity contribution in [3.05, 3.63) is 114 Å². The van der Waals surface area contributed by atoms with Crippen molar-refractivity contribution in [3.8, 4) is 16.9 Å². The van der Waals surface area contributed by atoms with Crippen molar-refractivity contribution in [1.82, 2.24) is 0 Å². The number of esters is 1. The van der Waals surface area contributed by atoms with Gasteiger partial charge in [0.2, 0.25) is 0 Å². The second-order valence-electron chi connectivity index (χ2n) is 7.94. The fourth-order valence-electron chi connectivity index (χ4n) is 4.00.